The lowest BCUT2D eigenvalue weighted by Gasteiger charge is -2.08. The summed E-state index contributed by atoms with van der Waals surface area (Å²) in [6, 6.07) is 9.03. The largest absolute Gasteiger partial charge is 0.327 e. The smallest absolute Gasteiger partial charge is 0.135 e. The van der Waals surface area contributed by atoms with E-state index in [2.05, 4.69) is 9.97 Å². The van der Waals surface area contributed by atoms with Gasteiger partial charge in [0.2, 0.25) is 0 Å². The standard InChI is InChI=1S/C16H14F2N4/c17-11-4-5-13(14(18)7-11)16-15(8-19)22(10-21-16)9-12-3-1-2-6-20-12/h1-7,10H,8-9,19H2. The molecule has 0 saturated heterocycles. The number of benzene rings is 1. The zero-order chi connectivity index (χ0) is 15.5. The highest BCUT2D eigenvalue weighted by atomic mass is 19.1. The van der Waals surface area contributed by atoms with Crippen LogP contribution in [-0.4, -0.2) is 14.5 Å². The molecule has 0 saturated carbocycles. The van der Waals surface area contributed by atoms with Gasteiger partial charge in [-0.2, -0.15) is 0 Å². The van der Waals surface area contributed by atoms with Gasteiger partial charge in [-0.3, -0.25) is 4.98 Å². The van der Waals surface area contributed by atoms with Gasteiger partial charge in [-0.25, -0.2) is 13.8 Å². The molecule has 22 heavy (non-hydrogen) atoms. The topological polar surface area (TPSA) is 56.7 Å². The van der Waals surface area contributed by atoms with Crippen molar-refractivity contribution in [3.8, 4) is 11.3 Å². The summed E-state index contributed by atoms with van der Waals surface area (Å²) in [5.74, 6) is -1.28. The van der Waals surface area contributed by atoms with Crippen LogP contribution < -0.4 is 5.73 Å². The van der Waals surface area contributed by atoms with Gasteiger partial charge >= 0.3 is 0 Å². The molecular weight excluding hydrogens is 286 g/mol. The fraction of sp³-hybridized carbons (Fsp3) is 0.125. The zero-order valence-corrected chi connectivity index (χ0v) is 11.7. The minimum Gasteiger partial charge on any atom is -0.327 e. The second-order valence-electron chi connectivity index (χ2n) is 4.82. The van der Waals surface area contributed by atoms with E-state index >= 15 is 0 Å². The fourth-order valence-electron chi connectivity index (χ4n) is 2.33. The van der Waals surface area contributed by atoms with Crippen LogP contribution >= 0.6 is 0 Å². The molecule has 2 aromatic heterocycles. The molecule has 0 spiro atoms. The van der Waals surface area contributed by atoms with E-state index < -0.39 is 11.6 Å². The van der Waals surface area contributed by atoms with Crippen LogP contribution in [0.25, 0.3) is 11.3 Å². The van der Waals surface area contributed by atoms with Crippen molar-refractivity contribution in [3.05, 3.63) is 71.9 Å². The van der Waals surface area contributed by atoms with E-state index in [0.717, 1.165) is 11.8 Å². The van der Waals surface area contributed by atoms with Gasteiger partial charge in [-0.1, -0.05) is 6.07 Å². The monoisotopic (exact) mass is 300 g/mol. The first-order valence-corrected chi connectivity index (χ1v) is 6.78. The van der Waals surface area contributed by atoms with Gasteiger partial charge in [0.15, 0.2) is 0 Å². The van der Waals surface area contributed by atoms with Crippen LogP contribution in [0.5, 0.6) is 0 Å². The second-order valence-corrected chi connectivity index (χ2v) is 4.82. The van der Waals surface area contributed by atoms with Crippen molar-refractivity contribution in [1.82, 2.24) is 14.5 Å². The molecular formula is C16H14F2N4. The lowest BCUT2D eigenvalue weighted by molar-refractivity contribution is 0.585. The maximum absolute atomic E-state index is 13.9. The molecule has 4 nitrogen and oxygen atoms in total. The van der Waals surface area contributed by atoms with Gasteiger partial charge in [-0.15, -0.1) is 0 Å². The van der Waals surface area contributed by atoms with Crippen molar-refractivity contribution < 1.29 is 8.78 Å². The number of pyridine rings is 1. The molecule has 6 heteroatoms. The average molecular weight is 300 g/mol. The Morgan fingerprint density at radius 1 is 1.09 bits per heavy atom. The van der Waals surface area contributed by atoms with Crippen molar-refractivity contribution in [2.75, 3.05) is 0 Å². The molecule has 0 atom stereocenters. The minimum absolute atomic E-state index is 0.193. The molecule has 0 fully saturated rings. The SMILES string of the molecule is NCc1c(-c2ccc(F)cc2F)ncn1Cc1ccccn1. The van der Waals surface area contributed by atoms with Crippen molar-refractivity contribution in [3.63, 3.8) is 0 Å². The molecule has 0 unspecified atom stereocenters. The molecule has 112 valence electrons. The normalized spacial score (nSPS) is 10.9. The lowest BCUT2D eigenvalue weighted by atomic mass is 10.1. The zero-order valence-electron chi connectivity index (χ0n) is 11.7. The van der Waals surface area contributed by atoms with E-state index in [1.165, 1.54) is 12.1 Å². The number of imidazole rings is 1. The number of rotatable bonds is 4. The molecule has 3 rings (SSSR count). The molecule has 0 aliphatic heterocycles. The number of hydrogen-bond donors (Lipinski definition) is 1. The number of hydrogen-bond acceptors (Lipinski definition) is 3. The van der Waals surface area contributed by atoms with E-state index in [1.54, 1.807) is 12.5 Å². The summed E-state index contributed by atoms with van der Waals surface area (Å²) in [5, 5.41) is 0. The number of nitrogens with zero attached hydrogens (tertiary/aromatic N) is 3. The van der Waals surface area contributed by atoms with Crippen molar-refractivity contribution >= 4 is 0 Å². The van der Waals surface area contributed by atoms with Gasteiger partial charge in [0.1, 0.15) is 11.6 Å². The van der Waals surface area contributed by atoms with Crippen LogP contribution in [-0.2, 0) is 13.1 Å². The Morgan fingerprint density at radius 2 is 1.95 bits per heavy atom. The Morgan fingerprint density at radius 3 is 2.64 bits per heavy atom. The van der Waals surface area contributed by atoms with Crippen LogP contribution in [0.2, 0.25) is 0 Å². The summed E-state index contributed by atoms with van der Waals surface area (Å²) in [5.41, 5.74) is 7.98. The lowest BCUT2D eigenvalue weighted by Crippen LogP contribution is -2.09. The Bertz CT molecular complexity index is 784. The van der Waals surface area contributed by atoms with Crippen molar-refractivity contribution in [1.29, 1.82) is 0 Å². The second kappa shape index (κ2) is 6.03. The molecule has 0 aliphatic rings. The fourth-order valence-corrected chi connectivity index (χ4v) is 2.33. The number of aromatic nitrogens is 3. The molecule has 2 N–H and O–H groups in total. The van der Waals surface area contributed by atoms with Crippen LogP contribution in [0.3, 0.4) is 0 Å². The van der Waals surface area contributed by atoms with Crippen molar-refractivity contribution in [2.24, 2.45) is 5.73 Å². The predicted octanol–water partition coefficient (Wildman–Crippen LogP) is 2.73. The summed E-state index contributed by atoms with van der Waals surface area (Å²) in [7, 11) is 0. The summed E-state index contributed by atoms with van der Waals surface area (Å²) in [6.45, 7) is 0.683. The maximum Gasteiger partial charge on any atom is 0.135 e. The van der Waals surface area contributed by atoms with Gasteiger partial charge in [0, 0.05) is 24.4 Å². The molecule has 2 heterocycles. The van der Waals surface area contributed by atoms with E-state index in [9.17, 15) is 8.78 Å². The summed E-state index contributed by atoms with van der Waals surface area (Å²) >= 11 is 0. The third kappa shape index (κ3) is 2.73. The van der Waals surface area contributed by atoms with Crippen LogP contribution in [0.1, 0.15) is 11.4 Å². The van der Waals surface area contributed by atoms with E-state index in [4.69, 9.17) is 5.73 Å². The van der Waals surface area contributed by atoms with Gasteiger partial charge in [-0.05, 0) is 24.3 Å². The molecule has 0 radical (unpaired) electrons. The molecule has 0 bridgehead atoms. The maximum atomic E-state index is 13.9. The summed E-state index contributed by atoms with van der Waals surface area (Å²) in [4.78, 5) is 8.48. The first kappa shape index (κ1) is 14.3. The Hall–Kier alpha value is -2.60. The third-order valence-corrected chi connectivity index (χ3v) is 3.38. The average Bonchev–Trinajstić information content (AvgIpc) is 2.91. The predicted molar refractivity (Wildman–Crippen MR) is 78.8 cm³/mol. The highest BCUT2D eigenvalue weighted by Crippen LogP contribution is 2.25. The van der Waals surface area contributed by atoms with Gasteiger partial charge in [0.05, 0.1) is 30.0 Å². The highest BCUT2D eigenvalue weighted by molar-refractivity contribution is 5.62. The molecule has 0 amide bonds. The Balaban J connectivity index is 2.00. The quantitative estimate of drug-likeness (QED) is 0.806. The first-order chi connectivity index (χ1) is 10.7. The van der Waals surface area contributed by atoms with Crippen LogP contribution in [0, 0.1) is 11.6 Å². The van der Waals surface area contributed by atoms with E-state index in [-0.39, 0.29) is 12.1 Å². The highest BCUT2D eigenvalue weighted by Gasteiger charge is 2.16. The molecule has 1 aromatic carbocycles. The van der Waals surface area contributed by atoms with E-state index in [0.29, 0.717) is 17.9 Å². The Kier molecular flexibility index (Phi) is 3.93. The van der Waals surface area contributed by atoms with Crippen LogP contribution in [0.15, 0.2) is 48.9 Å². The number of halogens is 2. The van der Waals surface area contributed by atoms with Crippen LogP contribution in [0.4, 0.5) is 8.78 Å². The van der Waals surface area contributed by atoms with Gasteiger partial charge in [0.25, 0.3) is 0 Å². The Labute approximate surface area is 126 Å². The molecule has 0 aliphatic carbocycles. The summed E-state index contributed by atoms with van der Waals surface area (Å²) in [6.07, 6.45) is 3.30. The van der Waals surface area contributed by atoms with Crippen molar-refractivity contribution in [2.45, 2.75) is 13.1 Å². The minimum atomic E-state index is -0.655. The third-order valence-electron chi connectivity index (χ3n) is 3.38. The van der Waals surface area contributed by atoms with Gasteiger partial charge < -0.3 is 10.3 Å². The number of nitrogens with two attached hydrogens (primary N) is 1. The molecule has 3 aromatic rings. The summed E-state index contributed by atoms with van der Waals surface area (Å²) < 4.78 is 28.8. The first-order valence-electron chi connectivity index (χ1n) is 6.78. The van der Waals surface area contributed by atoms with E-state index in [1.807, 2.05) is 22.8 Å².